The van der Waals surface area contributed by atoms with Crippen LogP contribution in [0.3, 0.4) is 0 Å². The summed E-state index contributed by atoms with van der Waals surface area (Å²) in [6.07, 6.45) is 1.69. The Balaban J connectivity index is 1.84. The Morgan fingerprint density at radius 2 is 2.04 bits per heavy atom. The molecule has 3 rings (SSSR count). The highest BCUT2D eigenvalue weighted by Crippen LogP contribution is 2.31. The topological polar surface area (TPSA) is 91.2 Å². The molecule has 0 radical (unpaired) electrons. The summed E-state index contributed by atoms with van der Waals surface area (Å²) in [7, 11) is 1.46. The van der Waals surface area contributed by atoms with Crippen molar-refractivity contribution < 1.29 is 19.7 Å². The van der Waals surface area contributed by atoms with Gasteiger partial charge < -0.3 is 20.3 Å². The molecule has 0 spiro atoms. The zero-order valence-electron chi connectivity index (χ0n) is 12.7. The third-order valence-electron chi connectivity index (χ3n) is 3.21. The molecule has 7 heteroatoms. The number of benzene rings is 2. The number of thioether (sulfide) groups is 1. The largest absolute Gasteiger partial charge is 0.508 e. The number of phenols is 2. The van der Waals surface area contributed by atoms with Crippen LogP contribution in [0.2, 0.25) is 0 Å². The van der Waals surface area contributed by atoms with Gasteiger partial charge >= 0.3 is 0 Å². The molecule has 1 aliphatic heterocycles. The molecule has 1 heterocycles. The Labute approximate surface area is 142 Å². The fourth-order valence-electron chi connectivity index (χ4n) is 2.10. The van der Waals surface area contributed by atoms with Crippen molar-refractivity contribution in [3.05, 3.63) is 52.9 Å². The SMILES string of the molecule is COc1cc(/C=C2\SC(=Nc3cccc(O)c3)NC2=O)ccc1O. The van der Waals surface area contributed by atoms with Gasteiger partial charge in [-0.15, -0.1) is 0 Å². The number of hydrogen-bond donors (Lipinski definition) is 3. The van der Waals surface area contributed by atoms with Crippen LogP contribution < -0.4 is 10.1 Å². The number of nitrogens with zero attached hydrogens (tertiary/aromatic N) is 1. The van der Waals surface area contributed by atoms with Crippen molar-refractivity contribution in [2.75, 3.05) is 7.11 Å². The molecule has 0 bridgehead atoms. The molecule has 3 N–H and O–H groups in total. The average molecular weight is 342 g/mol. The summed E-state index contributed by atoms with van der Waals surface area (Å²) >= 11 is 1.20. The van der Waals surface area contributed by atoms with E-state index in [4.69, 9.17) is 4.74 Å². The highest BCUT2D eigenvalue weighted by molar-refractivity contribution is 8.18. The molecule has 2 aromatic carbocycles. The molecule has 0 unspecified atom stereocenters. The van der Waals surface area contributed by atoms with Gasteiger partial charge in [-0.3, -0.25) is 4.79 Å². The van der Waals surface area contributed by atoms with Crippen LogP contribution in [0, 0.1) is 0 Å². The van der Waals surface area contributed by atoms with Gasteiger partial charge in [0.25, 0.3) is 5.91 Å². The van der Waals surface area contributed by atoms with Crippen LogP contribution in [-0.4, -0.2) is 28.4 Å². The molecule has 1 aliphatic rings. The molecular formula is C17H14N2O4S. The Hall–Kier alpha value is -2.93. The van der Waals surface area contributed by atoms with E-state index >= 15 is 0 Å². The molecule has 1 amide bonds. The summed E-state index contributed by atoms with van der Waals surface area (Å²) in [4.78, 5) is 16.8. The molecule has 0 saturated carbocycles. The quantitative estimate of drug-likeness (QED) is 0.746. The van der Waals surface area contributed by atoms with Gasteiger partial charge in [0.1, 0.15) is 5.75 Å². The standard InChI is InChI=1S/C17H14N2O4S/c1-23-14-7-10(5-6-13(14)21)8-15-16(22)19-17(24-15)18-11-3-2-4-12(20)9-11/h2-9,20-21H,1H3,(H,18,19,22)/b15-8-. The van der Waals surface area contributed by atoms with E-state index < -0.39 is 0 Å². The maximum absolute atomic E-state index is 12.1. The summed E-state index contributed by atoms with van der Waals surface area (Å²) in [6, 6.07) is 11.3. The predicted molar refractivity (Wildman–Crippen MR) is 93.6 cm³/mol. The second kappa shape index (κ2) is 6.67. The van der Waals surface area contributed by atoms with Gasteiger partial charge in [0, 0.05) is 6.07 Å². The van der Waals surface area contributed by atoms with Crippen LogP contribution in [0.25, 0.3) is 6.08 Å². The highest BCUT2D eigenvalue weighted by atomic mass is 32.2. The summed E-state index contributed by atoms with van der Waals surface area (Å²) in [5.74, 6) is 0.222. The highest BCUT2D eigenvalue weighted by Gasteiger charge is 2.23. The minimum atomic E-state index is -0.258. The van der Waals surface area contributed by atoms with E-state index in [9.17, 15) is 15.0 Å². The first-order chi connectivity index (χ1) is 11.5. The van der Waals surface area contributed by atoms with Crippen molar-refractivity contribution in [2.24, 2.45) is 4.99 Å². The zero-order valence-corrected chi connectivity index (χ0v) is 13.5. The van der Waals surface area contributed by atoms with Crippen LogP contribution in [-0.2, 0) is 4.79 Å². The zero-order chi connectivity index (χ0) is 17.1. The fourth-order valence-corrected chi connectivity index (χ4v) is 2.94. The number of aliphatic imine (C=N–C) groups is 1. The van der Waals surface area contributed by atoms with Crippen molar-refractivity contribution >= 4 is 34.6 Å². The number of aromatic hydroxyl groups is 2. The van der Waals surface area contributed by atoms with Crippen molar-refractivity contribution in [1.82, 2.24) is 5.32 Å². The summed E-state index contributed by atoms with van der Waals surface area (Å²) in [5.41, 5.74) is 1.27. The van der Waals surface area contributed by atoms with Crippen molar-refractivity contribution in [1.29, 1.82) is 0 Å². The molecule has 1 saturated heterocycles. The number of amidine groups is 1. The van der Waals surface area contributed by atoms with Crippen LogP contribution in [0.1, 0.15) is 5.56 Å². The number of carbonyl (C=O) groups excluding carboxylic acids is 1. The number of carbonyl (C=O) groups is 1. The molecule has 1 fully saturated rings. The number of hydrogen-bond acceptors (Lipinski definition) is 6. The summed E-state index contributed by atoms with van der Waals surface area (Å²) in [6.45, 7) is 0. The summed E-state index contributed by atoms with van der Waals surface area (Å²) in [5, 5.41) is 22.2. The van der Waals surface area contributed by atoms with Gasteiger partial charge in [0.15, 0.2) is 16.7 Å². The first-order valence-electron chi connectivity index (χ1n) is 7.01. The molecule has 122 valence electrons. The van der Waals surface area contributed by atoms with Gasteiger partial charge in [-0.05, 0) is 47.7 Å². The Kier molecular flexibility index (Phi) is 4.43. The lowest BCUT2D eigenvalue weighted by Crippen LogP contribution is -2.19. The van der Waals surface area contributed by atoms with E-state index in [1.165, 1.54) is 31.0 Å². The Morgan fingerprint density at radius 3 is 2.79 bits per heavy atom. The van der Waals surface area contributed by atoms with E-state index in [-0.39, 0.29) is 17.4 Å². The van der Waals surface area contributed by atoms with Crippen molar-refractivity contribution in [2.45, 2.75) is 0 Å². The van der Waals surface area contributed by atoms with E-state index in [2.05, 4.69) is 10.3 Å². The molecule has 0 atom stereocenters. The van der Waals surface area contributed by atoms with Crippen LogP contribution in [0.5, 0.6) is 17.2 Å². The molecule has 0 aromatic heterocycles. The number of amides is 1. The monoisotopic (exact) mass is 342 g/mol. The average Bonchev–Trinajstić information content (AvgIpc) is 2.88. The van der Waals surface area contributed by atoms with Crippen molar-refractivity contribution in [3.8, 4) is 17.2 Å². The predicted octanol–water partition coefficient (Wildman–Crippen LogP) is 3.00. The third-order valence-corrected chi connectivity index (χ3v) is 4.12. The number of phenolic OH excluding ortho intramolecular Hbond substituents is 2. The molecule has 0 aliphatic carbocycles. The lowest BCUT2D eigenvalue weighted by atomic mass is 10.2. The maximum atomic E-state index is 12.1. The molecule has 24 heavy (non-hydrogen) atoms. The van der Waals surface area contributed by atoms with E-state index in [1.54, 1.807) is 36.4 Å². The van der Waals surface area contributed by atoms with Crippen molar-refractivity contribution in [3.63, 3.8) is 0 Å². The third kappa shape index (κ3) is 3.52. The first-order valence-corrected chi connectivity index (χ1v) is 7.82. The van der Waals surface area contributed by atoms with Gasteiger partial charge in [-0.1, -0.05) is 12.1 Å². The first kappa shape index (κ1) is 15.9. The maximum Gasteiger partial charge on any atom is 0.264 e. The minimum absolute atomic E-state index is 0.0364. The van der Waals surface area contributed by atoms with Gasteiger partial charge in [0.2, 0.25) is 0 Å². The second-order valence-corrected chi connectivity index (χ2v) is 5.96. The van der Waals surface area contributed by atoms with Crippen LogP contribution in [0.15, 0.2) is 52.4 Å². The number of methoxy groups -OCH3 is 1. The van der Waals surface area contributed by atoms with Gasteiger partial charge in [0.05, 0.1) is 17.7 Å². The number of rotatable bonds is 3. The Morgan fingerprint density at radius 1 is 1.21 bits per heavy atom. The van der Waals surface area contributed by atoms with Gasteiger partial charge in [-0.25, -0.2) is 4.99 Å². The Bertz CT molecular complexity index is 861. The number of ether oxygens (including phenoxy) is 1. The van der Waals surface area contributed by atoms with E-state index in [1.807, 2.05) is 0 Å². The van der Waals surface area contributed by atoms with E-state index in [0.717, 1.165) is 5.56 Å². The molecular weight excluding hydrogens is 328 g/mol. The van der Waals surface area contributed by atoms with Crippen LogP contribution >= 0.6 is 11.8 Å². The summed E-state index contributed by atoms with van der Waals surface area (Å²) < 4.78 is 5.05. The van der Waals surface area contributed by atoms with Gasteiger partial charge in [-0.2, -0.15) is 0 Å². The normalized spacial score (nSPS) is 17.3. The lowest BCUT2D eigenvalue weighted by molar-refractivity contribution is -0.115. The molecule has 2 aromatic rings. The lowest BCUT2D eigenvalue weighted by Gasteiger charge is -2.03. The molecule has 6 nitrogen and oxygen atoms in total. The van der Waals surface area contributed by atoms with Crippen LogP contribution in [0.4, 0.5) is 5.69 Å². The van der Waals surface area contributed by atoms with E-state index in [0.29, 0.717) is 21.5 Å². The number of nitrogens with one attached hydrogen (secondary N) is 1. The smallest absolute Gasteiger partial charge is 0.264 e. The fraction of sp³-hybridized carbons (Fsp3) is 0.0588. The minimum Gasteiger partial charge on any atom is -0.508 e. The second-order valence-electron chi connectivity index (χ2n) is 4.93.